The predicted molar refractivity (Wildman–Crippen MR) is 154 cm³/mol. The Labute approximate surface area is 230 Å². The van der Waals surface area contributed by atoms with Gasteiger partial charge in [-0.2, -0.15) is 5.10 Å². The molecule has 2 aromatic carbocycles. The lowest BCUT2D eigenvalue weighted by molar-refractivity contribution is 0.489. The topological polar surface area (TPSA) is 95.2 Å². The molecule has 8 rings (SSSR count). The highest BCUT2D eigenvalue weighted by molar-refractivity contribution is 5.98. The third kappa shape index (κ3) is 4.16. The summed E-state index contributed by atoms with van der Waals surface area (Å²) in [7, 11) is 0. The highest BCUT2D eigenvalue weighted by Gasteiger charge is 2.25. The van der Waals surface area contributed by atoms with Gasteiger partial charge in [0.2, 0.25) is 0 Å². The second kappa shape index (κ2) is 9.34. The van der Waals surface area contributed by atoms with Crippen LogP contribution in [0, 0.1) is 11.7 Å². The molecular formula is C32H28FN7. The van der Waals surface area contributed by atoms with E-state index in [1.165, 1.54) is 31.2 Å². The van der Waals surface area contributed by atoms with Crippen LogP contribution in [0.25, 0.3) is 55.8 Å². The second-order valence-electron chi connectivity index (χ2n) is 11.1. The largest absolute Gasteiger partial charge is 0.337 e. The van der Waals surface area contributed by atoms with Crippen molar-refractivity contribution < 1.29 is 4.39 Å². The van der Waals surface area contributed by atoms with Crippen LogP contribution in [0.4, 0.5) is 4.39 Å². The number of fused-ring (bicyclic) bond motifs is 3. The molecule has 1 saturated carbocycles. The standard InChI is InChI=1S/C32H28FN7/c33-23-9-20-10-25(20)26(12-23)24-6-3-7-28-29(24)38-32(37-28)30-27-11-22(17-36-31(27)40-39-30)21-8-19(15-35-16-21)14-34-13-18-4-1-2-5-18/h3,6-9,11-12,15-18,34H,1-2,4-5,10,13-14H2,(H,37,38)(H,36,39,40). The molecule has 0 radical (unpaired) electrons. The van der Waals surface area contributed by atoms with Crippen LogP contribution in [0.5, 0.6) is 0 Å². The molecule has 0 amide bonds. The zero-order valence-electron chi connectivity index (χ0n) is 22.0. The van der Waals surface area contributed by atoms with Gasteiger partial charge in [-0.15, -0.1) is 0 Å². The van der Waals surface area contributed by atoms with Gasteiger partial charge in [0.15, 0.2) is 11.5 Å². The van der Waals surface area contributed by atoms with Crippen molar-refractivity contribution in [3.8, 4) is 33.8 Å². The minimum atomic E-state index is -0.208. The summed E-state index contributed by atoms with van der Waals surface area (Å²) in [6.45, 7) is 1.87. The highest BCUT2D eigenvalue weighted by atomic mass is 19.1. The van der Waals surface area contributed by atoms with E-state index < -0.39 is 0 Å². The maximum Gasteiger partial charge on any atom is 0.181 e. The molecule has 0 spiro atoms. The van der Waals surface area contributed by atoms with Crippen molar-refractivity contribution in [1.29, 1.82) is 0 Å². The van der Waals surface area contributed by atoms with E-state index in [1.54, 1.807) is 12.1 Å². The number of aromatic amines is 2. The molecule has 0 saturated heterocycles. The van der Waals surface area contributed by atoms with Crippen molar-refractivity contribution in [3.63, 3.8) is 0 Å². The Balaban J connectivity index is 1.12. The lowest BCUT2D eigenvalue weighted by atomic mass is 10.0. The van der Waals surface area contributed by atoms with Crippen molar-refractivity contribution in [2.75, 3.05) is 6.54 Å². The van der Waals surface area contributed by atoms with E-state index in [0.717, 1.165) is 80.9 Å². The van der Waals surface area contributed by atoms with Crippen LogP contribution in [-0.4, -0.2) is 36.7 Å². The first-order chi connectivity index (χ1) is 19.7. The van der Waals surface area contributed by atoms with Gasteiger partial charge in [-0.05, 0) is 84.3 Å². The fraction of sp³-hybridized carbons (Fsp3) is 0.250. The van der Waals surface area contributed by atoms with E-state index in [1.807, 2.05) is 36.8 Å². The molecule has 8 heteroatoms. The number of benzene rings is 2. The van der Waals surface area contributed by atoms with E-state index in [-0.39, 0.29) is 5.82 Å². The molecule has 0 bridgehead atoms. The Hall–Kier alpha value is -4.43. The molecule has 2 aliphatic carbocycles. The number of halogens is 1. The number of imidazole rings is 1. The molecule has 4 heterocycles. The summed E-state index contributed by atoms with van der Waals surface area (Å²) < 4.78 is 14.2. The summed E-state index contributed by atoms with van der Waals surface area (Å²) in [4.78, 5) is 17.5. The Bertz CT molecular complexity index is 1900. The molecule has 0 aliphatic heterocycles. The molecule has 6 aromatic rings. The number of pyridine rings is 2. The number of rotatable bonds is 7. The second-order valence-corrected chi connectivity index (χ2v) is 11.1. The first-order valence-corrected chi connectivity index (χ1v) is 14.0. The Morgan fingerprint density at radius 2 is 1.88 bits per heavy atom. The van der Waals surface area contributed by atoms with Gasteiger partial charge >= 0.3 is 0 Å². The van der Waals surface area contributed by atoms with Gasteiger partial charge in [-0.1, -0.05) is 25.0 Å². The van der Waals surface area contributed by atoms with Crippen LogP contribution in [-0.2, 0) is 13.0 Å². The number of nitrogens with one attached hydrogen (secondary N) is 3. The Morgan fingerprint density at radius 3 is 2.80 bits per heavy atom. The highest BCUT2D eigenvalue weighted by Crippen LogP contribution is 2.41. The maximum absolute atomic E-state index is 14.2. The Kier molecular flexibility index (Phi) is 5.48. The quantitative estimate of drug-likeness (QED) is 0.218. The van der Waals surface area contributed by atoms with E-state index in [9.17, 15) is 4.39 Å². The summed E-state index contributed by atoms with van der Waals surface area (Å²) >= 11 is 0. The number of nitrogens with zero attached hydrogens (tertiary/aromatic N) is 4. The molecule has 198 valence electrons. The fourth-order valence-corrected chi connectivity index (χ4v) is 6.21. The van der Waals surface area contributed by atoms with E-state index >= 15 is 0 Å². The van der Waals surface area contributed by atoms with Gasteiger partial charge in [-0.25, -0.2) is 14.4 Å². The van der Waals surface area contributed by atoms with Crippen LogP contribution < -0.4 is 5.32 Å². The van der Waals surface area contributed by atoms with Crippen LogP contribution in [0.15, 0.2) is 61.1 Å². The summed E-state index contributed by atoms with van der Waals surface area (Å²) in [5.74, 6) is 1.27. The minimum absolute atomic E-state index is 0.208. The normalized spacial score (nSPS) is 14.8. The van der Waals surface area contributed by atoms with Crippen LogP contribution in [0.2, 0.25) is 0 Å². The molecule has 3 N–H and O–H groups in total. The van der Waals surface area contributed by atoms with Crippen LogP contribution >= 0.6 is 0 Å². The SMILES string of the molecule is Fc1cc2c(c(-c3cccc4[nH]c(-c5[nH]nc6ncc(-c7cncc(CNCC8CCCC8)c7)cc56)nc34)c1)C2. The molecule has 4 aromatic heterocycles. The average molecular weight is 530 g/mol. The summed E-state index contributed by atoms with van der Waals surface area (Å²) in [5.41, 5.74) is 10.4. The number of aromatic nitrogens is 6. The van der Waals surface area contributed by atoms with Crippen molar-refractivity contribution in [2.24, 2.45) is 5.92 Å². The van der Waals surface area contributed by atoms with Crippen LogP contribution in [0.3, 0.4) is 0 Å². The Morgan fingerprint density at radius 1 is 0.975 bits per heavy atom. The molecule has 1 fully saturated rings. The van der Waals surface area contributed by atoms with Gasteiger partial charge in [0, 0.05) is 41.8 Å². The number of hydrogen-bond donors (Lipinski definition) is 3. The van der Waals surface area contributed by atoms with Crippen molar-refractivity contribution >= 4 is 22.1 Å². The van der Waals surface area contributed by atoms with Crippen molar-refractivity contribution in [3.05, 3.63) is 83.6 Å². The lowest BCUT2D eigenvalue weighted by Crippen LogP contribution is -2.20. The average Bonchev–Trinajstić information content (AvgIpc) is 3.31. The molecule has 40 heavy (non-hydrogen) atoms. The van der Waals surface area contributed by atoms with Crippen LogP contribution in [0.1, 0.15) is 42.4 Å². The van der Waals surface area contributed by atoms with Crippen molar-refractivity contribution in [1.82, 2.24) is 35.5 Å². The zero-order valence-corrected chi connectivity index (χ0v) is 22.0. The van der Waals surface area contributed by atoms with Gasteiger partial charge in [-0.3, -0.25) is 10.1 Å². The summed E-state index contributed by atoms with van der Waals surface area (Å²) in [6, 6.07) is 13.5. The number of hydrogen-bond acceptors (Lipinski definition) is 5. The van der Waals surface area contributed by atoms with Crippen molar-refractivity contribution in [2.45, 2.75) is 38.6 Å². The van der Waals surface area contributed by atoms with E-state index in [2.05, 4.69) is 42.6 Å². The van der Waals surface area contributed by atoms with E-state index in [0.29, 0.717) is 11.5 Å². The van der Waals surface area contributed by atoms with Gasteiger partial charge in [0.1, 0.15) is 11.5 Å². The summed E-state index contributed by atoms with van der Waals surface area (Å²) in [6.07, 6.45) is 11.9. The first kappa shape index (κ1) is 23.5. The molecule has 2 aliphatic rings. The first-order valence-electron chi connectivity index (χ1n) is 14.0. The van der Waals surface area contributed by atoms with E-state index in [4.69, 9.17) is 4.98 Å². The maximum atomic E-state index is 14.2. The zero-order chi connectivity index (χ0) is 26.6. The van der Waals surface area contributed by atoms with Gasteiger partial charge in [0.25, 0.3) is 0 Å². The molecule has 0 atom stereocenters. The fourth-order valence-electron chi connectivity index (χ4n) is 6.21. The van der Waals surface area contributed by atoms with Gasteiger partial charge in [0.05, 0.1) is 16.4 Å². The molecular weight excluding hydrogens is 501 g/mol. The van der Waals surface area contributed by atoms with Gasteiger partial charge < -0.3 is 10.3 Å². The minimum Gasteiger partial charge on any atom is -0.337 e. The number of para-hydroxylation sites is 1. The monoisotopic (exact) mass is 529 g/mol. The predicted octanol–water partition coefficient (Wildman–Crippen LogP) is 6.55. The summed E-state index contributed by atoms with van der Waals surface area (Å²) in [5, 5.41) is 12.1. The molecule has 7 nitrogen and oxygen atoms in total. The lowest BCUT2D eigenvalue weighted by Gasteiger charge is -2.11. The number of H-pyrrole nitrogens is 2. The third-order valence-electron chi connectivity index (χ3n) is 8.36. The smallest absolute Gasteiger partial charge is 0.181 e. The third-order valence-corrected chi connectivity index (χ3v) is 8.36. The molecule has 0 unspecified atom stereocenters.